The van der Waals surface area contributed by atoms with Crippen LogP contribution in [-0.4, -0.2) is 93.0 Å². The highest BCUT2D eigenvalue weighted by molar-refractivity contribution is 7.80. The standard InChI is InChI=1S/C16H26N4O8S/c17-8(3-4-12(22)23)13(24)18-9(6-21)14(25)19-10(7-29)15(26)20-5-1-2-11(20)16(27)28/h8-11,21,29H,1-7,17H2,(H,18,24)(H,19,25)(H,22,23)(H,27,28). The number of carboxylic acids is 2. The van der Waals surface area contributed by atoms with Gasteiger partial charge in [-0.25, -0.2) is 4.79 Å². The molecule has 0 saturated carbocycles. The second kappa shape index (κ2) is 11.6. The first kappa shape index (κ1) is 24.7. The van der Waals surface area contributed by atoms with Crippen molar-refractivity contribution in [3.05, 3.63) is 0 Å². The molecular weight excluding hydrogens is 408 g/mol. The minimum atomic E-state index is -1.43. The molecule has 7 N–H and O–H groups in total. The lowest BCUT2D eigenvalue weighted by Crippen LogP contribution is -2.58. The molecule has 1 aliphatic rings. The van der Waals surface area contributed by atoms with Crippen LogP contribution < -0.4 is 16.4 Å². The van der Waals surface area contributed by atoms with Crippen LogP contribution in [0.25, 0.3) is 0 Å². The van der Waals surface area contributed by atoms with Crippen molar-refractivity contribution in [3.63, 3.8) is 0 Å². The zero-order valence-corrected chi connectivity index (χ0v) is 16.5. The number of aliphatic carboxylic acids is 2. The molecule has 0 aliphatic carbocycles. The normalized spacial score (nSPS) is 19.1. The Balaban J connectivity index is 2.71. The van der Waals surface area contributed by atoms with Crippen molar-refractivity contribution in [1.82, 2.24) is 15.5 Å². The van der Waals surface area contributed by atoms with E-state index in [0.29, 0.717) is 12.8 Å². The third-order valence-electron chi connectivity index (χ3n) is 4.44. The Labute approximate surface area is 172 Å². The summed E-state index contributed by atoms with van der Waals surface area (Å²) in [6.45, 7) is -0.563. The third kappa shape index (κ3) is 7.18. The summed E-state index contributed by atoms with van der Waals surface area (Å²) in [6.07, 6.45) is 0.308. The summed E-state index contributed by atoms with van der Waals surface area (Å²) in [4.78, 5) is 59.9. The van der Waals surface area contributed by atoms with Crippen LogP contribution in [0.3, 0.4) is 0 Å². The van der Waals surface area contributed by atoms with E-state index in [-0.39, 0.29) is 25.1 Å². The van der Waals surface area contributed by atoms with Gasteiger partial charge in [-0.1, -0.05) is 0 Å². The number of carbonyl (C=O) groups is 5. The minimum absolute atomic E-state index is 0.127. The Morgan fingerprint density at radius 1 is 1.10 bits per heavy atom. The molecule has 13 heteroatoms. The van der Waals surface area contributed by atoms with E-state index in [4.69, 9.17) is 10.8 Å². The van der Waals surface area contributed by atoms with E-state index < -0.39 is 60.4 Å². The van der Waals surface area contributed by atoms with Gasteiger partial charge in [-0.05, 0) is 19.3 Å². The number of nitrogens with zero attached hydrogens (tertiary/aromatic N) is 1. The van der Waals surface area contributed by atoms with Crippen LogP contribution in [0.15, 0.2) is 0 Å². The summed E-state index contributed by atoms with van der Waals surface area (Å²) in [5, 5.41) is 31.7. The zero-order valence-electron chi connectivity index (χ0n) is 15.6. The Bertz CT molecular complexity index is 646. The van der Waals surface area contributed by atoms with Crippen molar-refractivity contribution in [1.29, 1.82) is 0 Å². The van der Waals surface area contributed by atoms with Gasteiger partial charge in [0.2, 0.25) is 17.7 Å². The molecule has 1 aliphatic heterocycles. The number of carbonyl (C=O) groups excluding carboxylic acids is 3. The summed E-state index contributed by atoms with van der Waals surface area (Å²) in [5.74, 6) is -4.75. The molecule has 0 spiro atoms. The summed E-state index contributed by atoms with van der Waals surface area (Å²) in [5.41, 5.74) is 5.55. The van der Waals surface area contributed by atoms with Crippen molar-refractivity contribution >= 4 is 42.3 Å². The summed E-state index contributed by atoms with van der Waals surface area (Å²) < 4.78 is 0. The van der Waals surface area contributed by atoms with Gasteiger partial charge in [0.25, 0.3) is 0 Å². The lowest BCUT2D eigenvalue weighted by atomic mass is 10.1. The number of nitrogens with one attached hydrogen (secondary N) is 2. The fourth-order valence-electron chi connectivity index (χ4n) is 2.83. The molecule has 29 heavy (non-hydrogen) atoms. The van der Waals surface area contributed by atoms with Gasteiger partial charge in [-0.2, -0.15) is 12.6 Å². The number of thiol groups is 1. The van der Waals surface area contributed by atoms with Crippen LogP contribution in [-0.2, 0) is 24.0 Å². The smallest absolute Gasteiger partial charge is 0.326 e. The van der Waals surface area contributed by atoms with Gasteiger partial charge in [0.15, 0.2) is 0 Å². The maximum atomic E-state index is 12.6. The molecule has 4 unspecified atom stereocenters. The van der Waals surface area contributed by atoms with Crippen molar-refractivity contribution in [3.8, 4) is 0 Å². The average Bonchev–Trinajstić information content (AvgIpc) is 3.17. The van der Waals surface area contributed by atoms with Crippen LogP contribution in [0, 0.1) is 0 Å². The van der Waals surface area contributed by atoms with Crippen LogP contribution >= 0.6 is 12.6 Å². The van der Waals surface area contributed by atoms with E-state index in [1.807, 2.05) is 0 Å². The van der Waals surface area contributed by atoms with Gasteiger partial charge in [0.1, 0.15) is 18.1 Å². The molecule has 1 fully saturated rings. The first-order chi connectivity index (χ1) is 13.6. The number of carboxylic acid groups (broad SMARTS) is 2. The highest BCUT2D eigenvalue weighted by atomic mass is 32.1. The average molecular weight is 434 g/mol. The van der Waals surface area contributed by atoms with E-state index in [1.54, 1.807) is 0 Å². The number of rotatable bonds is 11. The van der Waals surface area contributed by atoms with E-state index in [1.165, 1.54) is 0 Å². The van der Waals surface area contributed by atoms with Gasteiger partial charge in [-0.15, -0.1) is 0 Å². The van der Waals surface area contributed by atoms with Gasteiger partial charge in [-0.3, -0.25) is 19.2 Å². The molecule has 3 amide bonds. The molecule has 0 aromatic carbocycles. The molecule has 1 rings (SSSR count). The summed E-state index contributed by atoms with van der Waals surface area (Å²) >= 11 is 4.02. The maximum absolute atomic E-state index is 12.6. The summed E-state index contributed by atoms with van der Waals surface area (Å²) in [7, 11) is 0. The number of nitrogens with two attached hydrogens (primary N) is 1. The molecule has 164 valence electrons. The first-order valence-corrected chi connectivity index (χ1v) is 9.58. The van der Waals surface area contributed by atoms with Crippen molar-refractivity contribution in [2.75, 3.05) is 18.9 Å². The predicted molar refractivity (Wildman–Crippen MR) is 102 cm³/mol. The molecule has 0 aromatic rings. The second-order valence-corrected chi connectivity index (χ2v) is 6.92. The number of hydrogen-bond acceptors (Lipinski definition) is 8. The quantitative estimate of drug-likeness (QED) is 0.167. The van der Waals surface area contributed by atoms with E-state index >= 15 is 0 Å². The van der Waals surface area contributed by atoms with E-state index in [0.717, 1.165) is 4.90 Å². The molecule has 1 saturated heterocycles. The highest BCUT2D eigenvalue weighted by Crippen LogP contribution is 2.18. The molecule has 4 atom stereocenters. The molecule has 1 heterocycles. The number of hydrogen-bond donors (Lipinski definition) is 7. The van der Waals surface area contributed by atoms with Crippen LogP contribution in [0.4, 0.5) is 0 Å². The van der Waals surface area contributed by atoms with E-state index in [2.05, 4.69) is 23.3 Å². The molecule has 0 aromatic heterocycles. The van der Waals surface area contributed by atoms with Crippen molar-refractivity contribution in [2.24, 2.45) is 5.73 Å². The van der Waals surface area contributed by atoms with Gasteiger partial charge >= 0.3 is 11.9 Å². The number of aliphatic hydroxyl groups is 1. The molecular formula is C16H26N4O8S. The van der Waals surface area contributed by atoms with Gasteiger partial charge in [0.05, 0.1) is 12.6 Å². The zero-order chi connectivity index (χ0) is 22.1. The Morgan fingerprint density at radius 3 is 2.24 bits per heavy atom. The Morgan fingerprint density at radius 2 is 1.72 bits per heavy atom. The highest BCUT2D eigenvalue weighted by Gasteiger charge is 2.38. The third-order valence-corrected chi connectivity index (χ3v) is 4.80. The minimum Gasteiger partial charge on any atom is -0.481 e. The largest absolute Gasteiger partial charge is 0.481 e. The number of likely N-dealkylation sites (tertiary alicyclic amines) is 1. The fourth-order valence-corrected chi connectivity index (χ4v) is 3.08. The fraction of sp³-hybridized carbons (Fsp3) is 0.688. The van der Waals surface area contributed by atoms with E-state index in [9.17, 15) is 34.2 Å². The Kier molecular flexibility index (Phi) is 9.85. The second-order valence-electron chi connectivity index (χ2n) is 6.55. The van der Waals surface area contributed by atoms with Crippen molar-refractivity contribution < 1.29 is 39.3 Å². The number of aliphatic hydroxyl groups excluding tert-OH is 1. The monoisotopic (exact) mass is 434 g/mol. The maximum Gasteiger partial charge on any atom is 0.326 e. The molecule has 0 radical (unpaired) electrons. The van der Waals surface area contributed by atoms with Crippen LogP contribution in [0.5, 0.6) is 0 Å². The topological polar surface area (TPSA) is 199 Å². The van der Waals surface area contributed by atoms with Crippen LogP contribution in [0.1, 0.15) is 25.7 Å². The first-order valence-electron chi connectivity index (χ1n) is 8.95. The molecule has 12 nitrogen and oxygen atoms in total. The van der Waals surface area contributed by atoms with Gasteiger partial charge in [0, 0.05) is 18.7 Å². The summed E-state index contributed by atoms with van der Waals surface area (Å²) in [6, 6.07) is -4.77. The van der Waals surface area contributed by atoms with Crippen molar-refractivity contribution in [2.45, 2.75) is 49.9 Å². The lowest BCUT2D eigenvalue weighted by Gasteiger charge is -2.27. The number of amides is 3. The lowest BCUT2D eigenvalue weighted by molar-refractivity contribution is -0.149. The predicted octanol–water partition coefficient (Wildman–Crippen LogP) is -2.85. The molecule has 0 bridgehead atoms. The van der Waals surface area contributed by atoms with Gasteiger partial charge < -0.3 is 36.6 Å². The Hall–Kier alpha value is -2.38. The van der Waals surface area contributed by atoms with Crippen LogP contribution in [0.2, 0.25) is 0 Å². The SMILES string of the molecule is NC(CCC(=O)O)C(=O)NC(CO)C(=O)NC(CS)C(=O)N1CCCC1C(=O)O.